The molecule has 0 fully saturated rings. The van der Waals surface area contributed by atoms with E-state index in [-0.39, 0.29) is 11.1 Å². The lowest BCUT2D eigenvalue weighted by Crippen LogP contribution is -2.34. The number of pyridine rings is 1. The lowest BCUT2D eigenvalue weighted by atomic mass is 9.93. The fourth-order valence-corrected chi connectivity index (χ4v) is 3.79. The minimum absolute atomic E-state index is 0.147. The summed E-state index contributed by atoms with van der Waals surface area (Å²) >= 11 is 0. The molecule has 0 aliphatic rings. The van der Waals surface area contributed by atoms with Gasteiger partial charge in [0.2, 0.25) is 0 Å². The van der Waals surface area contributed by atoms with E-state index in [2.05, 4.69) is 30.4 Å². The van der Waals surface area contributed by atoms with Crippen molar-refractivity contribution >= 4 is 17.4 Å². The molecule has 2 atom stereocenters. The molecule has 0 spiro atoms. The summed E-state index contributed by atoms with van der Waals surface area (Å²) in [5, 5.41) is 29.3. The molecule has 0 saturated heterocycles. The monoisotopic (exact) mass is 571 g/mol. The number of fused-ring (bicyclic) bond motifs is 1. The molecule has 3 N–H and O–H groups in total. The summed E-state index contributed by atoms with van der Waals surface area (Å²) in [7, 11) is 0. The number of imidazole rings is 1. The molecule has 0 radical (unpaired) electrons. The predicted octanol–water partition coefficient (Wildman–Crippen LogP) is 4.91. The second-order valence-electron chi connectivity index (χ2n) is 9.81. The van der Waals surface area contributed by atoms with Crippen LogP contribution in [-0.4, -0.2) is 43.2 Å². The van der Waals surface area contributed by atoms with Crippen LogP contribution in [0.3, 0.4) is 0 Å². The van der Waals surface area contributed by atoms with Gasteiger partial charge in [0.15, 0.2) is 5.65 Å². The van der Waals surface area contributed by atoms with Gasteiger partial charge in [0.1, 0.15) is 23.6 Å². The number of anilines is 1. The Hall–Kier alpha value is -4.77. The first kappa shape index (κ1) is 29.2. The van der Waals surface area contributed by atoms with Crippen molar-refractivity contribution in [1.29, 1.82) is 5.26 Å². The number of aliphatic hydroxyl groups excluding tert-OH is 1. The van der Waals surface area contributed by atoms with Crippen LogP contribution in [0.5, 0.6) is 5.75 Å². The Kier molecular flexibility index (Phi) is 7.85. The highest BCUT2D eigenvalue weighted by molar-refractivity contribution is 5.96. The molecule has 214 valence electrons. The van der Waals surface area contributed by atoms with Crippen LogP contribution in [0.1, 0.15) is 48.4 Å². The van der Waals surface area contributed by atoms with E-state index in [9.17, 15) is 32.7 Å². The topological polar surface area (TPSA) is 137 Å². The number of nitrogens with one attached hydrogen (secondary N) is 2. The fraction of sp³-hybridized carbons (Fsp3) is 0.296. The number of amides is 1. The molecule has 1 unspecified atom stereocenters. The standard InChI is InChI=1S/C27H25F4N7O3/c1-14-19(24(39)34-15(2)18-10-17(5-6-20(18)28)41-27(29,30)31)9-16(11-33-14)21-7-8-23-35-22(12-38(23)37-21)36-25(40)26(3,4)13-32/h5-12,15,25,36,40H,1-4H3,(H,34,39)/t15-,25?/m1/s1. The highest BCUT2D eigenvalue weighted by atomic mass is 19.4. The van der Waals surface area contributed by atoms with Crippen molar-refractivity contribution < 1.29 is 32.2 Å². The number of alkyl halides is 3. The molecule has 10 nitrogen and oxygen atoms in total. The van der Waals surface area contributed by atoms with Crippen molar-refractivity contribution in [2.45, 2.75) is 46.3 Å². The van der Waals surface area contributed by atoms with Crippen LogP contribution in [-0.2, 0) is 0 Å². The van der Waals surface area contributed by atoms with E-state index in [1.165, 1.54) is 29.9 Å². The largest absolute Gasteiger partial charge is 0.573 e. The lowest BCUT2D eigenvalue weighted by molar-refractivity contribution is -0.274. The molecule has 14 heteroatoms. The van der Waals surface area contributed by atoms with Gasteiger partial charge in [-0.2, -0.15) is 10.4 Å². The molecule has 3 aromatic heterocycles. The van der Waals surface area contributed by atoms with Crippen LogP contribution in [0.15, 0.2) is 48.8 Å². The summed E-state index contributed by atoms with van der Waals surface area (Å²) in [6.07, 6.45) is -3.10. The molecule has 4 rings (SSSR count). The molecule has 1 aromatic carbocycles. The van der Waals surface area contributed by atoms with E-state index < -0.39 is 41.5 Å². The molecule has 4 aromatic rings. The number of halogens is 4. The minimum Gasteiger partial charge on any atom is -0.406 e. The van der Waals surface area contributed by atoms with Crippen molar-refractivity contribution in [2.75, 3.05) is 5.32 Å². The van der Waals surface area contributed by atoms with Crippen LogP contribution < -0.4 is 15.4 Å². The van der Waals surface area contributed by atoms with Gasteiger partial charge < -0.3 is 20.5 Å². The van der Waals surface area contributed by atoms with Crippen LogP contribution in [0.2, 0.25) is 0 Å². The Morgan fingerprint density at radius 1 is 1.20 bits per heavy atom. The van der Waals surface area contributed by atoms with Gasteiger partial charge in [0.25, 0.3) is 5.91 Å². The third-order valence-electron chi connectivity index (χ3n) is 6.22. The van der Waals surface area contributed by atoms with Gasteiger partial charge in [-0.25, -0.2) is 13.9 Å². The number of benzene rings is 1. The first-order valence-corrected chi connectivity index (χ1v) is 12.2. The first-order valence-electron chi connectivity index (χ1n) is 12.2. The van der Waals surface area contributed by atoms with Crippen LogP contribution in [0.25, 0.3) is 16.9 Å². The molecule has 0 aliphatic carbocycles. The Morgan fingerprint density at radius 3 is 2.61 bits per heavy atom. The summed E-state index contributed by atoms with van der Waals surface area (Å²) in [6, 6.07) is 8.41. The number of hydrogen-bond acceptors (Lipinski definition) is 8. The van der Waals surface area contributed by atoms with Crippen molar-refractivity contribution in [1.82, 2.24) is 24.9 Å². The van der Waals surface area contributed by atoms with E-state index in [0.717, 1.165) is 18.2 Å². The quantitative estimate of drug-likeness (QED) is 0.200. The fourth-order valence-electron chi connectivity index (χ4n) is 3.79. The Labute approximate surface area is 231 Å². The minimum atomic E-state index is -4.95. The molecular weight excluding hydrogens is 546 g/mol. The summed E-state index contributed by atoms with van der Waals surface area (Å²) in [5.41, 5.74) is 0.590. The second-order valence-corrected chi connectivity index (χ2v) is 9.81. The summed E-state index contributed by atoms with van der Waals surface area (Å²) in [6.45, 7) is 6.17. The molecular formula is C27H25F4N7O3. The number of nitriles is 1. The zero-order valence-corrected chi connectivity index (χ0v) is 22.3. The number of carbonyl (C=O) groups is 1. The maximum Gasteiger partial charge on any atom is 0.573 e. The Bertz CT molecular complexity index is 1650. The maximum atomic E-state index is 14.4. The number of aromatic nitrogens is 4. The van der Waals surface area contributed by atoms with Crippen molar-refractivity contribution in [3.05, 3.63) is 71.4 Å². The first-order chi connectivity index (χ1) is 19.2. The van der Waals surface area contributed by atoms with Gasteiger partial charge in [0.05, 0.1) is 40.7 Å². The number of nitrogens with zero attached hydrogens (tertiary/aromatic N) is 5. The van der Waals surface area contributed by atoms with Gasteiger partial charge in [-0.15, -0.1) is 13.2 Å². The van der Waals surface area contributed by atoms with E-state index in [4.69, 9.17) is 0 Å². The average molecular weight is 572 g/mol. The smallest absolute Gasteiger partial charge is 0.406 e. The van der Waals surface area contributed by atoms with Crippen LogP contribution >= 0.6 is 0 Å². The molecule has 0 aliphatic heterocycles. The highest BCUT2D eigenvalue weighted by Crippen LogP contribution is 2.28. The zero-order chi connectivity index (χ0) is 30.1. The lowest BCUT2D eigenvalue weighted by Gasteiger charge is -2.23. The Balaban J connectivity index is 1.56. The number of carbonyl (C=O) groups excluding carboxylic acids is 1. The van der Waals surface area contributed by atoms with Crippen LogP contribution in [0.4, 0.5) is 23.4 Å². The molecule has 0 saturated carbocycles. The summed E-state index contributed by atoms with van der Waals surface area (Å²) < 4.78 is 57.5. The number of ether oxygens (including phenoxy) is 1. The predicted molar refractivity (Wildman–Crippen MR) is 139 cm³/mol. The SMILES string of the molecule is Cc1ncc(-c2ccc3nc(NC(O)C(C)(C)C#N)cn3n2)cc1C(=O)N[C@H](C)c1cc(OC(F)(F)F)ccc1F. The molecule has 3 heterocycles. The number of rotatable bonds is 8. The van der Waals surface area contributed by atoms with Crippen LogP contribution in [0, 0.1) is 29.5 Å². The number of aliphatic hydroxyl groups is 1. The third kappa shape index (κ3) is 6.69. The average Bonchev–Trinajstić information content (AvgIpc) is 3.30. The molecule has 41 heavy (non-hydrogen) atoms. The van der Waals surface area contributed by atoms with Gasteiger partial charge in [0, 0.05) is 17.3 Å². The van der Waals surface area contributed by atoms with Gasteiger partial charge in [-0.05, 0) is 64.1 Å². The van der Waals surface area contributed by atoms with Gasteiger partial charge >= 0.3 is 6.36 Å². The summed E-state index contributed by atoms with van der Waals surface area (Å²) in [5.74, 6) is -1.77. The normalized spacial score (nSPS) is 13.4. The number of hydrogen-bond donors (Lipinski definition) is 3. The van der Waals surface area contributed by atoms with Gasteiger partial charge in [-0.3, -0.25) is 9.78 Å². The Morgan fingerprint density at radius 2 is 1.93 bits per heavy atom. The van der Waals surface area contributed by atoms with Crippen molar-refractivity contribution in [2.24, 2.45) is 5.41 Å². The van der Waals surface area contributed by atoms with Crippen molar-refractivity contribution in [3.63, 3.8) is 0 Å². The second kappa shape index (κ2) is 11.0. The van der Waals surface area contributed by atoms with Gasteiger partial charge in [-0.1, -0.05) is 0 Å². The van der Waals surface area contributed by atoms with E-state index in [1.54, 1.807) is 32.9 Å². The summed E-state index contributed by atoms with van der Waals surface area (Å²) in [4.78, 5) is 21.7. The van der Waals surface area contributed by atoms with E-state index in [0.29, 0.717) is 28.4 Å². The highest BCUT2D eigenvalue weighted by Gasteiger charge is 2.32. The maximum absolute atomic E-state index is 14.4. The van der Waals surface area contributed by atoms with Crippen molar-refractivity contribution in [3.8, 4) is 23.1 Å². The third-order valence-corrected chi connectivity index (χ3v) is 6.22. The van der Waals surface area contributed by atoms with E-state index >= 15 is 0 Å². The zero-order valence-electron chi connectivity index (χ0n) is 22.3. The molecule has 1 amide bonds. The number of aryl methyl sites for hydroxylation is 1. The molecule has 0 bridgehead atoms. The van der Waals surface area contributed by atoms with E-state index in [1.807, 2.05) is 6.07 Å².